The van der Waals surface area contributed by atoms with Gasteiger partial charge in [0.15, 0.2) is 0 Å². The number of hydrogen-bond donors (Lipinski definition) is 2. The second kappa shape index (κ2) is 8.89. The first-order valence-corrected chi connectivity index (χ1v) is 7.10. The van der Waals surface area contributed by atoms with E-state index in [-0.39, 0.29) is 24.7 Å². The number of rotatable bonds is 7. The Bertz CT molecular complexity index is 496. The molecule has 0 heterocycles. The SMILES string of the molecule is C/C(CC(=O)NCC(C)C)=N/NC(=O)Cc1ccccc1. The molecule has 114 valence electrons. The minimum absolute atomic E-state index is 0.0812. The van der Waals surface area contributed by atoms with Gasteiger partial charge in [-0.15, -0.1) is 0 Å². The average molecular weight is 289 g/mol. The number of carbonyl (C=O) groups is 2. The third-order valence-corrected chi connectivity index (χ3v) is 2.70. The fourth-order valence-corrected chi connectivity index (χ4v) is 1.63. The van der Waals surface area contributed by atoms with E-state index in [1.807, 2.05) is 44.2 Å². The van der Waals surface area contributed by atoms with Crippen molar-refractivity contribution in [3.05, 3.63) is 35.9 Å². The van der Waals surface area contributed by atoms with Gasteiger partial charge in [0.05, 0.1) is 12.8 Å². The van der Waals surface area contributed by atoms with Crippen LogP contribution in [0.5, 0.6) is 0 Å². The monoisotopic (exact) mass is 289 g/mol. The largest absolute Gasteiger partial charge is 0.356 e. The van der Waals surface area contributed by atoms with Gasteiger partial charge in [0.2, 0.25) is 11.8 Å². The molecule has 1 aromatic carbocycles. The van der Waals surface area contributed by atoms with Gasteiger partial charge in [-0.1, -0.05) is 44.2 Å². The molecule has 0 unspecified atom stereocenters. The molecule has 0 spiro atoms. The zero-order valence-electron chi connectivity index (χ0n) is 12.8. The Morgan fingerprint density at radius 1 is 1.14 bits per heavy atom. The summed E-state index contributed by atoms with van der Waals surface area (Å²) in [6.45, 7) is 6.43. The Labute approximate surface area is 125 Å². The van der Waals surface area contributed by atoms with E-state index in [2.05, 4.69) is 15.8 Å². The Balaban J connectivity index is 2.34. The van der Waals surface area contributed by atoms with E-state index >= 15 is 0 Å². The quantitative estimate of drug-likeness (QED) is 0.594. The Hall–Kier alpha value is -2.17. The predicted octanol–water partition coefficient (Wildman–Crippen LogP) is 1.88. The van der Waals surface area contributed by atoms with Crippen LogP contribution in [0.2, 0.25) is 0 Å². The molecule has 0 aliphatic carbocycles. The summed E-state index contributed by atoms with van der Waals surface area (Å²) in [7, 11) is 0. The normalized spacial score (nSPS) is 11.3. The molecule has 5 heteroatoms. The molecule has 1 rings (SSSR count). The molecule has 0 aromatic heterocycles. The number of nitrogens with one attached hydrogen (secondary N) is 2. The van der Waals surface area contributed by atoms with Crippen molar-refractivity contribution >= 4 is 17.5 Å². The van der Waals surface area contributed by atoms with E-state index in [1.165, 1.54) is 0 Å². The second-order valence-electron chi connectivity index (χ2n) is 5.42. The lowest BCUT2D eigenvalue weighted by Crippen LogP contribution is -2.29. The van der Waals surface area contributed by atoms with Gasteiger partial charge in [-0.25, -0.2) is 5.43 Å². The van der Waals surface area contributed by atoms with Gasteiger partial charge in [-0.3, -0.25) is 9.59 Å². The maximum atomic E-state index is 11.7. The molecule has 0 saturated carbocycles. The van der Waals surface area contributed by atoms with Gasteiger partial charge in [0.1, 0.15) is 0 Å². The summed E-state index contributed by atoms with van der Waals surface area (Å²) in [5.41, 5.74) is 3.98. The van der Waals surface area contributed by atoms with Crippen molar-refractivity contribution in [2.24, 2.45) is 11.0 Å². The lowest BCUT2D eigenvalue weighted by Gasteiger charge is -2.07. The number of hydrazone groups is 1. The van der Waals surface area contributed by atoms with Crippen molar-refractivity contribution < 1.29 is 9.59 Å². The highest BCUT2D eigenvalue weighted by molar-refractivity contribution is 6.00. The lowest BCUT2D eigenvalue weighted by atomic mass is 10.1. The van der Waals surface area contributed by atoms with Gasteiger partial charge in [-0.2, -0.15) is 5.10 Å². The third-order valence-electron chi connectivity index (χ3n) is 2.70. The maximum absolute atomic E-state index is 11.7. The second-order valence-corrected chi connectivity index (χ2v) is 5.42. The molecule has 0 bridgehead atoms. The predicted molar refractivity (Wildman–Crippen MR) is 83.9 cm³/mol. The summed E-state index contributed by atoms with van der Waals surface area (Å²) in [6, 6.07) is 9.44. The molecular weight excluding hydrogens is 266 g/mol. The van der Waals surface area contributed by atoms with Crippen LogP contribution in [0.25, 0.3) is 0 Å². The van der Waals surface area contributed by atoms with Crippen LogP contribution in [0.15, 0.2) is 35.4 Å². The van der Waals surface area contributed by atoms with E-state index in [9.17, 15) is 9.59 Å². The molecule has 0 radical (unpaired) electrons. The summed E-state index contributed by atoms with van der Waals surface area (Å²) >= 11 is 0. The first-order chi connectivity index (χ1) is 9.97. The van der Waals surface area contributed by atoms with E-state index in [4.69, 9.17) is 0 Å². The molecule has 0 fully saturated rings. The minimum Gasteiger partial charge on any atom is -0.356 e. The smallest absolute Gasteiger partial charge is 0.244 e. The fraction of sp³-hybridized carbons (Fsp3) is 0.438. The van der Waals surface area contributed by atoms with Crippen LogP contribution in [-0.4, -0.2) is 24.1 Å². The summed E-state index contributed by atoms with van der Waals surface area (Å²) in [5, 5.41) is 6.75. The summed E-state index contributed by atoms with van der Waals surface area (Å²) in [5.74, 6) is 0.141. The maximum Gasteiger partial charge on any atom is 0.244 e. The molecule has 21 heavy (non-hydrogen) atoms. The number of hydrogen-bond acceptors (Lipinski definition) is 3. The summed E-state index contributed by atoms with van der Waals surface area (Å²) in [4.78, 5) is 23.3. The van der Waals surface area contributed by atoms with E-state index < -0.39 is 0 Å². The number of amides is 2. The third kappa shape index (κ3) is 7.87. The topological polar surface area (TPSA) is 70.6 Å². The van der Waals surface area contributed by atoms with Crippen LogP contribution in [0, 0.1) is 5.92 Å². The van der Waals surface area contributed by atoms with Crippen LogP contribution in [0.4, 0.5) is 0 Å². The van der Waals surface area contributed by atoms with Crippen molar-refractivity contribution in [2.75, 3.05) is 6.54 Å². The zero-order valence-corrected chi connectivity index (χ0v) is 12.8. The van der Waals surface area contributed by atoms with Crippen LogP contribution in [-0.2, 0) is 16.0 Å². The average Bonchev–Trinajstić information content (AvgIpc) is 2.44. The van der Waals surface area contributed by atoms with E-state index in [0.717, 1.165) is 5.56 Å². The Morgan fingerprint density at radius 3 is 2.43 bits per heavy atom. The van der Waals surface area contributed by atoms with Crippen LogP contribution < -0.4 is 10.7 Å². The fourth-order valence-electron chi connectivity index (χ4n) is 1.63. The van der Waals surface area contributed by atoms with E-state index in [1.54, 1.807) is 6.92 Å². The number of carbonyl (C=O) groups excluding carboxylic acids is 2. The molecular formula is C16H23N3O2. The molecule has 5 nitrogen and oxygen atoms in total. The molecule has 0 aliphatic heterocycles. The highest BCUT2D eigenvalue weighted by atomic mass is 16.2. The first-order valence-electron chi connectivity index (χ1n) is 7.10. The van der Waals surface area contributed by atoms with Crippen LogP contribution >= 0.6 is 0 Å². The Kier molecular flexibility index (Phi) is 7.15. The first kappa shape index (κ1) is 16.9. The highest BCUT2D eigenvalue weighted by Gasteiger charge is 2.06. The summed E-state index contributed by atoms with van der Waals surface area (Å²) in [6.07, 6.45) is 0.468. The van der Waals surface area contributed by atoms with Gasteiger partial charge >= 0.3 is 0 Å². The van der Waals surface area contributed by atoms with E-state index in [0.29, 0.717) is 18.2 Å². The van der Waals surface area contributed by atoms with Crippen molar-refractivity contribution in [3.63, 3.8) is 0 Å². The molecule has 2 amide bonds. The van der Waals surface area contributed by atoms with Gasteiger partial charge in [0, 0.05) is 12.3 Å². The number of benzene rings is 1. The van der Waals surface area contributed by atoms with Crippen LogP contribution in [0.1, 0.15) is 32.8 Å². The standard InChI is InChI=1S/C16H23N3O2/c1-12(2)11-17-15(20)9-13(3)18-19-16(21)10-14-7-5-4-6-8-14/h4-8,12H,9-11H2,1-3H3,(H,17,20)(H,19,21)/b18-13-. The van der Waals surface area contributed by atoms with Crippen molar-refractivity contribution in [1.29, 1.82) is 0 Å². The number of nitrogens with zero attached hydrogens (tertiary/aromatic N) is 1. The van der Waals surface area contributed by atoms with Gasteiger partial charge < -0.3 is 5.32 Å². The molecule has 1 aromatic rings. The highest BCUT2D eigenvalue weighted by Crippen LogP contribution is 1.99. The van der Waals surface area contributed by atoms with Crippen molar-refractivity contribution in [1.82, 2.24) is 10.7 Å². The molecule has 0 saturated heterocycles. The van der Waals surface area contributed by atoms with Crippen molar-refractivity contribution in [3.8, 4) is 0 Å². The van der Waals surface area contributed by atoms with Gasteiger partial charge in [-0.05, 0) is 18.4 Å². The van der Waals surface area contributed by atoms with Crippen molar-refractivity contribution in [2.45, 2.75) is 33.6 Å². The zero-order chi connectivity index (χ0) is 15.7. The van der Waals surface area contributed by atoms with Crippen LogP contribution in [0.3, 0.4) is 0 Å². The Morgan fingerprint density at radius 2 is 1.81 bits per heavy atom. The van der Waals surface area contributed by atoms with Gasteiger partial charge in [0.25, 0.3) is 0 Å². The lowest BCUT2D eigenvalue weighted by molar-refractivity contribution is -0.121. The summed E-state index contributed by atoms with van der Waals surface area (Å²) < 4.78 is 0. The molecule has 0 atom stereocenters. The molecule has 0 aliphatic rings. The molecule has 2 N–H and O–H groups in total. The minimum atomic E-state index is -0.192.